The van der Waals surface area contributed by atoms with Crippen molar-refractivity contribution in [2.75, 3.05) is 17.2 Å². The molecule has 2 rings (SSSR count). The van der Waals surface area contributed by atoms with Gasteiger partial charge in [-0.15, -0.1) is 0 Å². The number of halogens is 3. The topological polar surface area (TPSA) is 70.1 Å². The number of aromatic hydroxyl groups is 1. The van der Waals surface area contributed by atoms with E-state index in [0.717, 1.165) is 6.07 Å². The third-order valence-electron chi connectivity index (χ3n) is 2.49. The summed E-state index contributed by atoms with van der Waals surface area (Å²) in [5, 5.41) is 14.6. The van der Waals surface area contributed by atoms with Gasteiger partial charge in [-0.1, -0.05) is 0 Å². The minimum absolute atomic E-state index is 0.0129. The van der Waals surface area contributed by atoms with Gasteiger partial charge in [0.15, 0.2) is 5.69 Å². The van der Waals surface area contributed by atoms with E-state index in [-0.39, 0.29) is 17.5 Å². The van der Waals surface area contributed by atoms with Gasteiger partial charge in [-0.2, -0.15) is 18.2 Å². The molecule has 3 N–H and O–H groups in total. The molecule has 0 fully saturated rings. The number of nitrogens with zero attached hydrogens (tertiary/aromatic N) is 2. The zero-order valence-electron chi connectivity index (χ0n) is 11.1. The first-order chi connectivity index (χ1) is 9.88. The van der Waals surface area contributed by atoms with Crippen molar-refractivity contribution in [3.63, 3.8) is 0 Å². The number of aromatic nitrogens is 2. The summed E-state index contributed by atoms with van der Waals surface area (Å²) in [5.41, 5.74) is -0.531. The number of anilines is 3. The van der Waals surface area contributed by atoms with Gasteiger partial charge in [0.05, 0.1) is 0 Å². The number of hydrogen-bond donors (Lipinski definition) is 3. The molecule has 5 nitrogen and oxygen atoms in total. The highest BCUT2D eigenvalue weighted by Gasteiger charge is 2.33. The molecule has 21 heavy (non-hydrogen) atoms. The third-order valence-corrected chi connectivity index (χ3v) is 2.49. The largest absolute Gasteiger partial charge is 0.508 e. The van der Waals surface area contributed by atoms with Crippen LogP contribution in [-0.4, -0.2) is 21.6 Å². The van der Waals surface area contributed by atoms with Crippen molar-refractivity contribution in [1.82, 2.24) is 9.97 Å². The number of phenolic OH excluding ortho intramolecular Hbond substituents is 1. The Bertz CT molecular complexity index is 614. The molecule has 0 aliphatic carbocycles. The van der Waals surface area contributed by atoms with Crippen molar-refractivity contribution >= 4 is 17.5 Å². The summed E-state index contributed by atoms with van der Waals surface area (Å²) < 4.78 is 38.4. The van der Waals surface area contributed by atoms with Gasteiger partial charge in [0.2, 0.25) is 5.95 Å². The Balaban J connectivity index is 2.33. The van der Waals surface area contributed by atoms with E-state index in [1.807, 2.05) is 0 Å². The molecular weight excluding hydrogens is 285 g/mol. The van der Waals surface area contributed by atoms with Gasteiger partial charge in [-0.25, -0.2) is 4.98 Å². The Morgan fingerprint density at radius 2 is 1.81 bits per heavy atom. The van der Waals surface area contributed by atoms with Crippen LogP contribution in [0.1, 0.15) is 12.6 Å². The number of hydrogen-bond acceptors (Lipinski definition) is 5. The average molecular weight is 298 g/mol. The first-order valence-corrected chi connectivity index (χ1v) is 6.14. The molecule has 0 unspecified atom stereocenters. The van der Waals surface area contributed by atoms with Gasteiger partial charge in [0.25, 0.3) is 0 Å². The van der Waals surface area contributed by atoms with E-state index >= 15 is 0 Å². The molecule has 0 bridgehead atoms. The van der Waals surface area contributed by atoms with E-state index < -0.39 is 11.9 Å². The molecule has 0 aliphatic heterocycles. The maximum Gasteiger partial charge on any atom is 0.433 e. The minimum atomic E-state index is -4.56. The Morgan fingerprint density at radius 3 is 2.38 bits per heavy atom. The molecule has 8 heteroatoms. The Labute approximate surface area is 118 Å². The first kappa shape index (κ1) is 14.9. The second kappa shape index (κ2) is 5.86. The first-order valence-electron chi connectivity index (χ1n) is 6.14. The molecule has 0 saturated heterocycles. The number of phenols is 1. The van der Waals surface area contributed by atoms with Crippen LogP contribution in [0.2, 0.25) is 0 Å². The van der Waals surface area contributed by atoms with Crippen molar-refractivity contribution in [3.05, 3.63) is 36.0 Å². The summed E-state index contributed by atoms with van der Waals surface area (Å²) in [6.07, 6.45) is -4.56. The predicted molar refractivity (Wildman–Crippen MR) is 72.6 cm³/mol. The molecule has 0 aliphatic rings. The van der Waals surface area contributed by atoms with Crippen LogP contribution < -0.4 is 10.6 Å². The zero-order chi connectivity index (χ0) is 15.5. The third kappa shape index (κ3) is 3.98. The van der Waals surface area contributed by atoms with Gasteiger partial charge in [-0.05, 0) is 31.2 Å². The molecule has 1 heterocycles. The fourth-order valence-electron chi connectivity index (χ4n) is 1.59. The van der Waals surface area contributed by atoms with E-state index in [2.05, 4.69) is 20.6 Å². The normalized spacial score (nSPS) is 11.2. The van der Waals surface area contributed by atoms with Crippen LogP contribution in [0.15, 0.2) is 30.3 Å². The van der Waals surface area contributed by atoms with E-state index in [4.69, 9.17) is 0 Å². The second-order valence-electron chi connectivity index (χ2n) is 4.16. The summed E-state index contributed by atoms with van der Waals surface area (Å²) in [4.78, 5) is 7.38. The highest BCUT2D eigenvalue weighted by atomic mass is 19.4. The molecule has 0 amide bonds. The summed E-state index contributed by atoms with van der Waals surface area (Å²) >= 11 is 0. The van der Waals surface area contributed by atoms with Gasteiger partial charge in [-0.3, -0.25) is 0 Å². The minimum Gasteiger partial charge on any atom is -0.508 e. The Kier molecular flexibility index (Phi) is 4.15. The second-order valence-corrected chi connectivity index (χ2v) is 4.16. The van der Waals surface area contributed by atoms with Crippen molar-refractivity contribution in [3.8, 4) is 5.75 Å². The number of benzene rings is 1. The average Bonchev–Trinajstić information content (AvgIpc) is 2.41. The summed E-state index contributed by atoms with van der Waals surface area (Å²) in [5.74, 6) is -0.0277. The van der Waals surface area contributed by atoms with Crippen LogP contribution in [0.3, 0.4) is 0 Å². The lowest BCUT2D eigenvalue weighted by molar-refractivity contribution is -0.141. The molecule has 0 spiro atoms. The molecule has 0 saturated carbocycles. The Hall–Kier alpha value is -2.51. The van der Waals surface area contributed by atoms with E-state index in [1.165, 1.54) is 24.3 Å². The molecule has 112 valence electrons. The van der Waals surface area contributed by atoms with Crippen molar-refractivity contribution in [1.29, 1.82) is 0 Å². The smallest absolute Gasteiger partial charge is 0.433 e. The lowest BCUT2D eigenvalue weighted by atomic mass is 10.3. The van der Waals surface area contributed by atoms with Gasteiger partial charge >= 0.3 is 6.18 Å². The molecule has 2 aromatic rings. The monoisotopic (exact) mass is 298 g/mol. The molecular formula is C13H13F3N4O. The van der Waals surface area contributed by atoms with Gasteiger partial charge in [0, 0.05) is 18.3 Å². The number of nitrogens with one attached hydrogen (secondary N) is 2. The highest BCUT2D eigenvalue weighted by Crippen LogP contribution is 2.30. The van der Waals surface area contributed by atoms with E-state index in [9.17, 15) is 18.3 Å². The standard InChI is InChI=1S/C13H13F3N4O/c1-2-17-12-19-10(13(14,15)16)7-11(20-12)18-8-3-5-9(21)6-4-8/h3-7,21H,2H2,1H3,(H2,17,18,19,20). The van der Waals surface area contributed by atoms with Crippen molar-refractivity contribution in [2.24, 2.45) is 0 Å². The molecule has 0 radical (unpaired) electrons. The van der Waals surface area contributed by atoms with Crippen molar-refractivity contribution in [2.45, 2.75) is 13.1 Å². The van der Waals surface area contributed by atoms with Crippen LogP contribution in [0.25, 0.3) is 0 Å². The van der Waals surface area contributed by atoms with Gasteiger partial charge < -0.3 is 15.7 Å². The van der Waals surface area contributed by atoms with Crippen LogP contribution in [-0.2, 0) is 6.18 Å². The van der Waals surface area contributed by atoms with Crippen LogP contribution in [0.5, 0.6) is 5.75 Å². The molecule has 0 atom stereocenters. The fourth-order valence-corrected chi connectivity index (χ4v) is 1.59. The predicted octanol–water partition coefficient (Wildman–Crippen LogP) is 3.38. The summed E-state index contributed by atoms with van der Waals surface area (Å²) in [6.45, 7) is 2.14. The van der Waals surface area contributed by atoms with E-state index in [0.29, 0.717) is 12.2 Å². The quantitative estimate of drug-likeness (QED) is 0.755. The highest BCUT2D eigenvalue weighted by molar-refractivity contribution is 5.58. The lowest BCUT2D eigenvalue weighted by Crippen LogP contribution is -2.13. The maximum atomic E-state index is 12.8. The molecule has 1 aromatic heterocycles. The summed E-state index contributed by atoms with van der Waals surface area (Å²) in [6, 6.07) is 6.71. The van der Waals surface area contributed by atoms with Gasteiger partial charge in [0.1, 0.15) is 11.6 Å². The van der Waals surface area contributed by atoms with E-state index in [1.54, 1.807) is 6.92 Å². The van der Waals surface area contributed by atoms with Crippen LogP contribution in [0, 0.1) is 0 Å². The van der Waals surface area contributed by atoms with Crippen molar-refractivity contribution < 1.29 is 18.3 Å². The summed E-state index contributed by atoms with van der Waals surface area (Å²) in [7, 11) is 0. The number of rotatable bonds is 4. The van der Waals surface area contributed by atoms with Crippen LogP contribution >= 0.6 is 0 Å². The lowest BCUT2D eigenvalue weighted by Gasteiger charge is -2.12. The van der Waals surface area contributed by atoms with Crippen LogP contribution in [0.4, 0.5) is 30.6 Å². The SMILES string of the molecule is CCNc1nc(Nc2ccc(O)cc2)cc(C(F)(F)F)n1. The zero-order valence-corrected chi connectivity index (χ0v) is 11.1. The maximum absolute atomic E-state index is 12.8. The fraction of sp³-hybridized carbons (Fsp3) is 0.231. The Morgan fingerprint density at radius 1 is 1.14 bits per heavy atom. The number of alkyl halides is 3. The molecule has 1 aromatic carbocycles.